The third-order valence-corrected chi connectivity index (χ3v) is 1.66. The molecule has 0 bridgehead atoms. The van der Waals surface area contributed by atoms with E-state index in [9.17, 15) is 0 Å². The van der Waals surface area contributed by atoms with Gasteiger partial charge in [0.15, 0.2) is 0 Å². The van der Waals surface area contributed by atoms with Crippen LogP contribution >= 0.6 is 12.6 Å². The molecule has 1 rings (SSSR count). The number of thiol groups is 1. The molecule has 11 heavy (non-hydrogen) atoms. The van der Waals surface area contributed by atoms with Gasteiger partial charge in [0.2, 0.25) is 0 Å². The van der Waals surface area contributed by atoms with Crippen LogP contribution in [0.15, 0.2) is 18.2 Å². The van der Waals surface area contributed by atoms with E-state index in [1.165, 1.54) is 16.7 Å². The van der Waals surface area contributed by atoms with Crippen molar-refractivity contribution < 1.29 is 0 Å². The Hall–Kier alpha value is -0.430. The van der Waals surface area contributed by atoms with Gasteiger partial charge >= 0.3 is 0 Å². The van der Waals surface area contributed by atoms with Crippen LogP contribution in [0, 0.1) is 20.8 Å². The van der Waals surface area contributed by atoms with Crippen molar-refractivity contribution in [2.45, 2.75) is 20.8 Å². The average molecular weight is 168 g/mol. The van der Waals surface area contributed by atoms with Gasteiger partial charge in [-0.1, -0.05) is 23.8 Å². The lowest BCUT2D eigenvalue weighted by atomic mass is 10.1. The van der Waals surface area contributed by atoms with Gasteiger partial charge in [0, 0.05) is 0 Å². The Morgan fingerprint density at radius 2 is 1.45 bits per heavy atom. The number of hydrogen-bond donors (Lipinski definition) is 1. The molecule has 0 saturated carbocycles. The van der Waals surface area contributed by atoms with Crippen LogP contribution in [-0.4, -0.2) is 6.26 Å². The van der Waals surface area contributed by atoms with Crippen LogP contribution in [0.1, 0.15) is 16.7 Å². The van der Waals surface area contributed by atoms with E-state index in [1.807, 2.05) is 0 Å². The van der Waals surface area contributed by atoms with Crippen molar-refractivity contribution in [2.75, 3.05) is 6.26 Å². The fourth-order valence-corrected chi connectivity index (χ4v) is 0.891. The van der Waals surface area contributed by atoms with Crippen LogP contribution in [-0.2, 0) is 0 Å². The summed E-state index contributed by atoms with van der Waals surface area (Å²) in [6.07, 6.45) is 1.69. The molecule has 0 spiro atoms. The highest BCUT2D eigenvalue weighted by molar-refractivity contribution is 7.79. The van der Waals surface area contributed by atoms with E-state index in [4.69, 9.17) is 0 Å². The second-order valence-electron chi connectivity index (χ2n) is 2.59. The van der Waals surface area contributed by atoms with Crippen molar-refractivity contribution in [3.63, 3.8) is 0 Å². The normalized spacial score (nSPS) is 8.45. The van der Waals surface area contributed by atoms with E-state index in [2.05, 4.69) is 51.6 Å². The fraction of sp³-hybridized carbons (Fsp3) is 0.400. The summed E-state index contributed by atoms with van der Waals surface area (Å²) in [6.45, 7) is 6.39. The maximum absolute atomic E-state index is 3.53. The SMILES string of the molecule is CS.Cc1ccc(C)c(C)c1. The van der Waals surface area contributed by atoms with Crippen LogP contribution in [0.5, 0.6) is 0 Å². The fourth-order valence-electron chi connectivity index (χ4n) is 0.891. The molecule has 1 heteroatoms. The smallest absolute Gasteiger partial charge is 0.0215 e. The zero-order valence-corrected chi connectivity index (χ0v) is 8.57. The van der Waals surface area contributed by atoms with E-state index >= 15 is 0 Å². The molecule has 0 heterocycles. The second-order valence-corrected chi connectivity index (χ2v) is 2.59. The quantitative estimate of drug-likeness (QED) is 0.565. The van der Waals surface area contributed by atoms with Gasteiger partial charge in [0.25, 0.3) is 0 Å². The molecular formula is C10H16S. The highest BCUT2D eigenvalue weighted by Gasteiger charge is 1.89. The number of rotatable bonds is 0. The predicted molar refractivity (Wildman–Crippen MR) is 55.6 cm³/mol. The first-order chi connectivity index (χ1) is 5.20. The Bertz CT molecular complexity index is 216. The Morgan fingerprint density at radius 1 is 0.909 bits per heavy atom. The van der Waals surface area contributed by atoms with E-state index in [1.54, 1.807) is 6.26 Å². The summed E-state index contributed by atoms with van der Waals surface area (Å²) in [5.41, 5.74) is 4.11. The van der Waals surface area contributed by atoms with Gasteiger partial charge in [-0.05, 0) is 38.2 Å². The third-order valence-electron chi connectivity index (χ3n) is 1.66. The highest BCUT2D eigenvalue weighted by Crippen LogP contribution is 2.07. The van der Waals surface area contributed by atoms with Crippen LogP contribution in [0.4, 0.5) is 0 Å². The van der Waals surface area contributed by atoms with Crippen LogP contribution < -0.4 is 0 Å². The molecule has 0 amide bonds. The van der Waals surface area contributed by atoms with E-state index in [0.717, 1.165) is 0 Å². The van der Waals surface area contributed by atoms with Gasteiger partial charge in [0.1, 0.15) is 0 Å². The predicted octanol–water partition coefficient (Wildman–Crippen LogP) is 3.16. The van der Waals surface area contributed by atoms with Gasteiger partial charge in [-0.15, -0.1) is 0 Å². The number of hydrogen-bond acceptors (Lipinski definition) is 1. The Balaban J connectivity index is 0.000000461. The number of benzene rings is 1. The van der Waals surface area contributed by atoms with E-state index in [-0.39, 0.29) is 0 Å². The van der Waals surface area contributed by atoms with E-state index < -0.39 is 0 Å². The van der Waals surface area contributed by atoms with Crippen molar-refractivity contribution in [1.82, 2.24) is 0 Å². The summed E-state index contributed by atoms with van der Waals surface area (Å²) in [6, 6.07) is 6.50. The molecule has 0 fully saturated rings. The molecule has 0 aliphatic carbocycles. The monoisotopic (exact) mass is 168 g/mol. The Morgan fingerprint density at radius 3 is 1.82 bits per heavy atom. The Labute approximate surface area is 75.1 Å². The standard InChI is InChI=1S/C9H12.CH4S/c1-7-4-5-8(2)9(3)6-7;1-2/h4-6H,1-3H3;2H,1H3. The minimum absolute atomic E-state index is 1.35. The third kappa shape index (κ3) is 3.47. The topological polar surface area (TPSA) is 0 Å². The van der Waals surface area contributed by atoms with Gasteiger partial charge in [-0.3, -0.25) is 0 Å². The summed E-state index contributed by atoms with van der Waals surface area (Å²) < 4.78 is 0. The zero-order valence-electron chi connectivity index (χ0n) is 7.68. The maximum atomic E-state index is 3.53. The molecule has 0 N–H and O–H groups in total. The summed E-state index contributed by atoms with van der Waals surface area (Å²) in [5.74, 6) is 0. The lowest BCUT2D eigenvalue weighted by Crippen LogP contribution is -1.79. The zero-order chi connectivity index (χ0) is 8.85. The Kier molecular flexibility index (Phi) is 5.05. The first-order valence-corrected chi connectivity index (χ1v) is 4.58. The highest BCUT2D eigenvalue weighted by atomic mass is 32.1. The lowest BCUT2D eigenvalue weighted by Gasteiger charge is -1.98. The maximum Gasteiger partial charge on any atom is -0.0215 e. The summed E-state index contributed by atoms with van der Waals surface area (Å²) in [5, 5.41) is 0. The molecule has 0 aliphatic heterocycles. The van der Waals surface area contributed by atoms with Crippen LogP contribution in [0.3, 0.4) is 0 Å². The first-order valence-electron chi connectivity index (χ1n) is 3.69. The summed E-state index contributed by atoms with van der Waals surface area (Å²) in [4.78, 5) is 0. The summed E-state index contributed by atoms with van der Waals surface area (Å²) in [7, 11) is 0. The molecule has 0 radical (unpaired) electrons. The van der Waals surface area contributed by atoms with Crippen LogP contribution in [0.25, 0.3) is 0 Å². The van der Waals surface area contributed by atoms with Crippen molar-refractivity contribution in [2.24, 2.45) is 0 Å². The second kappa shape index (κ2) is 5.25. The largest absolute Gasteiger partial charge is 0.183 e. The van der Waals surface area contributed by atoms with E-state index in [0.29, 0.717) is 0 Å². The minimum Gasteiger partial charge on any atom is -0.183 e. The molecule has 0 unspecified atom stereocenters. The number of aryl methyl sites for hydroxylation is 3. The van der Waals surface area contributed by atoms with Crippen LogP contribution in [0.2, 0.25) is 0 Å². The van der Waals surface area contributed by atoms with Gasteiger partial charge in [-0.25, -0.2) is 0 Å². The molecule has 0 nitrogen and oxygen atoms in total. The lowest BCUT2D eigenvalue weighted by molar-refractivity contribution is 1.30. The van der Waals surface area contributed by atoms with Crippen molar-refractivity contribution in [3.05, 3.63) is 34.9 Å². The molecule has 1 aromatic rings. The first kappa shape index (κ1) is 10.6. The van der Waals surface area contributed by atoms with Crippen molar-refractivity contribution in [3.8, 4) is 0 Å². The minimum atomic E-state index is 1.35. The molecule has 62 valence electrons. The molecule has 0 aliphatic rings. The molecule has 0 aromatic heterocycles. The molecule has 0 atom stereocenters. The molecule has 0 saturated heterocycles. The van der Waals surface area contributed by atoms with Crippen molar-refractivity contribution in [1.29, 1.82) is 0 Å². The van der Waals surface area contributed by atoms with Gasteiger partial charge in [0.05, 0.1) is 0 Å². The molecule has 1 aromatic carbocycles. The average Bonchev–Trinajstić information content (AvgIpc) is 2.02. The van der Waals surface area contributed by atoms with Crippen molar-refractivity contribution >= 4 is 12.6 Å². The van der Waals surface area contributed by atoms with Gasteiger partial charge in [-0.2, -0.15) is 12.6 Å². The molecular weight excluding hydrogens is 152 g/mol. The summed E-state index contributed by atoms with van der Waals surface area (Å²) >= 11 is 3.53. The van der Waals surface area contributed by atoms with Gasteiger partial charge < -0.3 is 0 Å².